The lowest BCUT2D eigenvalue weighted by Gasteiger charge is -2.29. The van der Waals surface area contributed by atoms with Gasteiger partial charge in [-0.05, 0) is 111 Å². The number of benzene rings is 9. The minimum Gasteiger partial charge on any atom is -0.309 e. The van der Waals surface area contributed by atoms with Gasteiger partial charge in [0.15, 0.2) is 0 Å². The van der Waals surface area contributed by atoms with Gasteiger partial charge in [-0.2, -0.15) is 0 Å². The van der Waals surface area contributed by atoms with Crippen molar-refractivity contribution in [1.82, 2.24) is 8.80 Å². The van der Waals surface area contributed by atoms with Gasteiger partial charge in [-0.25, -0.2) is 0 Å². The first-order chi connectivity index (χ1) is 30.5. The standard InChI is InChI=1S/C58H42N4/c1-35-17-5-11-23-45(35)59(46-24-12-6-18-36(46)2)51-31-29-39-43-33-54-44(34-53(43)61-49-27-15-9-21-41(49)55(51)57(39)61)40-30-32-52(56-42-22-10-16-28-50(42)62(54)58(40)56)60(47-25-13-7-19-37(47)3)48-26-14-8-20-38(48)4/h5-34H,1-4H3. The average Bonchev–Trinajstić information content (AvgIpc) is 4.02. The van der Waals surface area contributed by atoms with Crippen LogP contribution in [0.4, 0.5) is 34.1 Å². The molecule has 294 valence electrons. The molecular weight excluding hydrogens is 753 g/mol. The number of hydrogen-bond acceptors (Lipinski definition) is 2. The van der Waals surface area contributed by atoms with Crippen LogP contribution in [0.2, 0.25) is 0 Å². The summed E-state index contributed by atoms with van der Waals surface area (Å²) in [6, 6.07) is 67.5. The van der Waals surface area contributed by atoms with Gasteiger partial charge in [-0.15, -0.1) is 0 Å². The first-order valence-corrected chi connectivity index (χ1v) is 21.6. The fourth-order valence-electron chi connectivity index (χ4n) is 10.9. The van der Waals surface area contributed by atoms with Gasteiger partial charge in [-0.3, -0.25) is 0 Å². The molecule has 0 aliphatic heterocycles. The largest absolute Gasteiger partial charge is 0.309 e. The van der Waals surface area contributed by atoms with Gasteiger partial charge < -0.3 is 18.6 Å². The van der Waals surface area contributed by atoms with Crippen molar-refractivity contribution >= 4 is 110 Å². The third-order valence-electron chi connectivity index (χ3n) is 13.7. The lowest BCUT2D eigenvalue weighted by atomic mass is 10.0. The lowest BCUT2D eigenvalue weighted by molar-refractivity contribution is 1.24. The van der Waals surface area contributed by atoms with Crippen molar-refractivity contribution < 1.29 is 0 Å². The summed E-state index contributed by atoms with van der Waals surface area (Å²) >= 11 is 0. The molecule has 0 aliphatic rings. The summed E-state index contributed by atoms with van der Waals surface area (Å²) in [4.78, 5) is 4.97. The molecule has 0 aliphatic carbocycles. The van der Waals surface area contributed by atoms with Crippen LogP contribution in [0.15, 0.2) is 182 Å². The highest BCUT2D eigenvalue weighted by atomic mass is 15.2. The van der Waals surface area contributed by atoms with Crippen LogP contribution in [0.3, 0.4) is 0 Å². The molecule has 4 heterocycles. The molecule has 0 saturated heterocycles. The van der Waals surface area contributed by atoms with Crippen LogP contribution in [-0.2, 0) is 0 Å². The summed E-state index contributed by atoms with van der Waals surface area (Å²) in [5.74, 6) is 0. The molecule has 0 fully saturated rings. The molecule has 0 atom stereocenters. The zero-order valence-corrected chi connectivity index (χ0v) is 35.1. The Morgan fingerprint density at radius 2 is 0.597 bits per heavy atom. The third-order valence-corrected chi connectivity index (χ3v) is 13.7. The van der Waals surface area contributed by atoms with Gasteiger partial charge >= 0.3 is 0 Å². The molecule has 0 amide bonds. The van der Waals surface area contributed by atoms with Crippen LogP contribution in [0.5, 0.6) is 0 Å². The number of anilines is 6. The van der Waals surface area contributed by atoms with Crippen LogP contribution in [0.25, 0.3) is 76.2 Å². The Bertz CT molecular complexity index is 3590. The first kappa shape index (κ1) is 35.0. The van der Waals surface area contributed by atoms with Crippen LogP contribution in [-0.4, -0.2) is 8.80 Å². The zero-order valence-electron chi connectivity index (χ0n) is 35.1. The van der Waals surface area contributed by atoms with E-state index in [1.807, 2.05) is 0 Å². The summed E-state index contributed by atoms with van der Waals surface area (Å²) in [6.07, 6.45) is 0. The molecule has 13 aromatic rings. The number of aryl methyl sites for hydroxylation is 4. The van der Waals surface area contributed by atoms with Crippen LogP contribution < -0.4 is 9.80 Å². The molecule has 9 aromatic carbocycles. The predicted octanol–water partition coefficient (Wildman–Crippen LogP) is 16.2. The first-order valence-electron chi connectivity index (χ1n) is 21.6. The van der Waals surface area contributed by atoms with E-state index in [0.29, 0.717) is 0 Å². The van der Waals surface area contributed by atoms with E-state index >= 15 is 0 Å². The smallest absolute Gasteiger partial charge is 0.0641 e. The highest BCUT2D eigenvalue weighted by Gasteiger charge is 2.28. The number of para-hydroxylation sites is 6. The minimum atomic E-state index is 1.19. The van der Waals surface area contributed by atoms with Gasteiger partial charge in [0, 0.05) is 65.8 Å². The maximum absolute atomic E-state index is 2.54. The Morgan fingerprint density at radius 3 is 0.952 bits per heavy atom. The second kappa shape index (κ2) is 12.8. The quantitative estimate of drug-likeness (QED) is 0.167. The van der Waals surface area contributed by atoms with Gasteiger partial charge in [0.1, 0.15) is 0 Å². The van der Waals surface area contributed by atoms with E-state index in [1.54, 1.807) is 0 Å². The van der Waals surface area contributed by atoms with E-state index in [-0.39, 0.29) is 0 Å². The predicted molar refractivity (Wildman–Crippen MR) is 264 cm³/mol. The zero-order chi connectivity index (χ0) is 41.4. The molecule has 0 spiro atoms. The number of fused-ring (bicyclic) bond motifs is 12. The highest BCUT2D eigenvalue weighted by Crippen LogP contribution is 2.52. The van der Waals surface area contributed by atoms with Crippen LogP contribution >= 0.6 is 0 Å². The Hall–Kier alpha value is -7.82. The van der Waals surface area contributed by atoms with Crippen molar-refractivity contribution in [3.05, 3.63) is 204 Å². The van der Waals surface area contributed by atoms with Gasteiger partial charge in [0.2, 0.25) is 0 Å². The summed E-state index contributed by atoms with van der Waals surface area (Å²) in [5.41, 5.74) is 19.5. The van der Waals surface area contributed by atoms with Gasteiger partial charge in [0.25, 0.3) is 0 Å². The Labute approximate surface area is 359 Å². The molecule has 4 nitrogen and oxygen atoms in total. The van der Waals surface area contributed by atoms with E-state index in [4.69, 9.17) is 0 Å². The number of rotatable bonds is 6. The number of nitrogens with zero attached hydrogens (tertiary/aromatic N) is 4. The Kier molecular flexibility index (Phi) is 7.25. The third kappa shape index (κ3) is 4.61. The van der Waals surface area contributed by atoms with Crippen LogP contribution in [0, 0.1) is 27.7 Å². The molecule has 0 bridgehead atoms. The highest BCUT2D eigenvalue weighted by molar-refractivity contribution is 6.32. The number of hydrogen-bond donors (Lipinski definition) is 0. The SMILES string of the molecule is Cc1ccccc1N(c1ccccc1C)c1ccc2c3cc4c(cc3n3c5ccccc5c1c23)c1ccc(N(c2ccccc2C)c2ccccc2C)c2c3ccccc3n4c12. The van der Waals surface area contributed by atoms with Crippen molar-refractivity contribution in [3.63, 3.8) is 0 Å². The lowest BCUT2D eigenvalue weighted by Crippen LogP contribution is -2.13. The summed E-state index contributed by atoms with van der Waals surface area (Å²) in [7, 11) is 0. The molecule has 0 unspecified atom stereocenters. The number of aromatic nitrogens is 2. The van der Waals surface area contributed by atoms with Crippen molar-refractivity contribution in [2.45, 2.75) is 27.7 Å². The normalized spacial score (nSPS) is 12.2. The van der Waals surface area contributed by atoms with Gasteiger partial charge in [-0.1, -0.05) is 121 Å². The fourth-order valence-corrected chi connectivity index (χ4v) is 10.9. The van der Waals surface area contributed by atoms with Crippen molar-refractivity contribution in [2.24, 2.45) is 0 Å². The monoisotopic (exact) mass is 794 g/mol. The van der Waals surface area contributed by atoms with E-state index in [2.05, 4.69) is 228 Å². The molecule has 13 rings (SSSR count). The molecule has 0 saturated carbocycles. The summed E-state index contributed by atoms with van der Waals surface area (Å²) < 4.78 is 5.09. The van der Waals surface area contributed by atoms with E-state index in [1.165, 1.54) is 133 Å². The van der Waals surface area contributed by atoms with E-state index in [9.17, 15) is 0 Å². The Morgan fingerprint density at radius 1 is 0.274 bits per heavy atom. The van der Waals surface area contributed by atoms with Crippen LogP contribution in [0.1, 0.15) is 22.3 Å². The molecule has 0 N–H and O–H groups in total. The second-order valence-electron chi connectivity index (χ2n) is 17.1. The molecule has 0 radical (unpaired) electrons. The molecule has 4 aromatic heterocycles. The topological polar surface area (TPSA) is 15.3 Å². The summed E-state index contributed by atoms with van der Waals surface area (Å²) in [5, 5.41) is 10.1. The Balaban J connectivity index is 1.14. The van der Waals surface area contributed by atoms with E-state index < -0.39 is 0 Å². The molecular formula is C58H42N4. The second-order valence-corrected chi connectivity index (χ2v) is 17.1. The fraction of sp³-hybridized carbons (Fsp3) is 0.0690. The van der Waals surface area contributed by atoms with Gasteiger partial charge in [0.05, 0.1) is 44.5 Å². The van der Waals surface area contributed by atoms with Crippen molar-refractivity contribution in [3.8, 4) is 0 Å². The summed E-state index contributed by atoms with van der Waals surface area (Å²) in [6.45, 7) is 8.88. The van der Waals surface area contributed by atoms with Crippen molar-refractivity contribution in [2.75, 3.05) is 9.80 Å². The van der Waals surface area contributed by atoms with Crippen molar-refractivity contribution in [1.29, 1.82) is 0 Å². The average molecular weight is 795 g/mol. The maximum Gasteiger partial charge on any atom is 0.0641 e. The minimum absolute atomic E-state index is 1.19. The van der Waals surface area contributed by atoms with E-state index in [0.717, 1.165) is 0 Å². The molecule has 62 heavy (non-hydrogen) atoms. The molecule has 4 heteroatoms. The maximum atomic E-state index is 2.54.